The van der Waals surface area contributed by atoms with Crippen molar-refractivity contribution >= 4 is 22.9 Å². The molecule has 2 heterocycles. The van der Waals surface area contributed by atoms with E-state index in [1.54, 1.807) is 11.3 Å². The fourth-order valence-corrected chi connectivity index (χ4v) is 4.26. The molecule has 1 amide bonds. The third kappa shape index (κ3) is 5.40. The Morgan fingerprint density at radius 3 is 2.50 bits per heavy atom. The molecule has 6 heteroatoms. The quantitative estimate of drug-likeness (QED) is 0.600. The second-order valence-electron chi connectivity index (χ2n) is 7.34. The lowest BCUT2D eigenvalue weighted by atomic mass is 10.2. The Labute approximate surface area is 181 Å². The van der Waals surface area contributed by atoms with Crippen LogP contribution in [0, 0.1) is 0 Å². The number of ether oxygens (including phenoxy) is 1. The van der Waals surface area contributed by atoms with E-state index in [-0.39, 0.29) is 5.91 Å². The number of carbonyl (C=O) groups is 1. The van der Waals surface area contributed by atoms with Crippen molar-refractivity contribution in [3.05, 3.63) is 82.6 Å². The van der Waals surface area contributed by atoms with Crippen LogP contribution in [0.25, 0.3) is 0 Å². The summed E-state index contributed by atoms with van der Waals surface area (Å²) in [6, 6.07) is 19.7. The smallest absolute Gasteiger partial charge is 0.251 e. The van der Waals surface area contributed by atoms with Crippen LogP contribution in [0.3, 0.4) is 0 Å². The van der Waals surface area contributed by atoms with Gasteiger partial charge in [-0.3, -0.25) is 9.69 Å². The zero-order valence-corrected chi connectivity index (χ0v) is 17.8. The fraction of sp³-hybridized carbons (Fsp3) is 0.292. The van der Waals surface area contributed by atoms with Gasteiger partial charge in [-0.1, -0.05) is 30.3 Å². The number of para-hydroxylation sites is 2. The van der Waals surface area contributed by atoms with Crippen molar-refractivity contribution in [1.82, 2.24) is 10.2 Å². The molecule has 3 aromatic rings. The van der Waals surface area contributed by atoms with E-state index in [0.717, 1.165) is 44.2 Å². The number of anilines is 1. The number of benzene rings is 2. The van der Waals surface area contributed by atoms with Gasteiger partial charge < -0.3 is 15.0 Å². The second-order valence-corrected chi connectivity index (χ2v) is 8.12. The van der Waals surface area contributed by atoms with Crippen molar-refractivity contribution in [2.75, 3.05) is 44.2 Å². The molecule has 2 aromatic carbocycles. The Morgan fingerprint density at radius 1 is 0.967 bits per heavy atom. The maximum atomic E-state index is 12.2. The van der Waals surface area contributed by atoms with E-state index < -0.39 is 0 Å². The number of hydrogen-bond acceptors (Lipinski definition) is 5. The van der Waals surface area contributed by atoms with Crippen molar-refractivity contribution in [3.8, 4) is 5.75 Å². The summed E-state index contributed by atoms with van der Waals surface area (Å²) in [6.07, 6.45) is 0. The lowest BCUT2D eigenvalue weighted by Gasteiger charge is -2.36. The molecule has 0 aliphatic carbocycles. The Morgan fingerprint density at radius 2 is 1.73 bits per heavy atom. The van der Waals surface area contributed by atoms with Gasteiger partial charge in [0.15, 0.2) is 0 Å². The van der Waals surface area contributed by atoms with E-state index in [0.29, 0.717) is 18.7 Å². The summed E-state index contributed by atoms with van der Waals surface area (Å²) >= 11 is 1.69. The van der Waals surface area contributed by atoms with Crippen LogP contribution in [0.1, 0.15) is 15.9 Å². The molecule has 4 rings (SSSR count). The van der Waals surface area contributed by atoms with Gasteiger partial charge >= 0.3 is 0 Å². The Balaban J connectivity index is 1.24. The maximum Gasteiger partial charge on any atom is 0.251 e. The summed E-state index contributed by atoms with van der Waals surface area (Å²) in [6.45, 7) is 5.97. The van der Waals surface area contributed by atoms with Gasteiger partial charge in [0.2, 0.25) is 0 Å². The minimum absolute atomic E-state index is 0.00839. The van der Waals surface area contributed by atoms with E-state index in [1.165, 1.54) is 5.56 Å². The first kappa shape index (κ1) is 20.4. The first-order valence-electron chi connectivity index (χ1n) is 10.3. The monoisotopic (exact) mass is 421 g/mol. The first-order chi connectivity index (χ1) is 14.8. The summed E-state index contributed by atoms with van der Waals surface area (Å²) in [5.74, 6) is 0.929. The minimum atomic E-state index is -0.00839. The zero-order valence-electron chi connectivity index (χ0n) is 17.0. The molecule has 156 valence electrons. The number of amides is 1. The molecule has 1 aromatic heterocycles. The highest BCUT2D eigenvalue weighted by Crippen LogP contribution is 2.29. The Hall–Kier alpha value is -2.83. The number of thiophene rings is 1. The Bertz CT molecular complexity index is 923. The number of rotatable bonds is 8. The standard InChI is InChI=1S/C24H27N3O2S/c28-24(21-6-2-1-3-7-21)25-11-12-26-13-15-27(16-14-26)22-8-4-5-9-23(22)29-18-20-10-17-30-19-20/h1-10,17,19H,11-16,18H2,(H,25,28). The lowest BCUT2D eigenvalue weighted by Crippen LogP contribution is -2.48. The van der Waals surface area contributed by atoms with Gasteiger partial charge in [-0.05, 0) is 46.7 Å². The minimum Gasteiger partial charge on any atom is -0.487 e. The molecule has 1 saturated heterocycles. The van der Waals surface area contributed by atoms with E-state index >= 15 is 0 Å². The van der Waals surface area contributed by atoms with E-state index in [1.807, 2.05) is 42.5 Å². The molecular weight excluding hydrogens is 394 g/mol. The highest BCUT2D eigenvalue weighted by Gasteiger charge is 2.19. The molecule has 1 aliphatic heterocycles. The molecule has 0 atom stereocenters. The van der Waals surface area contributed by atoms with E-state index in [4.69, 9.17) is 4.74 Å². The lowest BCUT2D eigenvalue weighted by molar-refractivity contribution is 0.0947. The van der Waals surface area contributed by atoms with Gasteiger partial charge in [0.25, 0.3) is 5.91 Å². The molecule has 1 aliphatic rings. The van der Waals surface area contributed by atoms with Crippen molar-refractivity contribution in [1.29, 1.82) is 0 Å². The van der Waals surface area contributed by atoms with Crippen LogP contribution in [-0.2, 0) is 6.61 Å². The first-order valence-corrected chi connectivity index (χ1v) is 11.3. The number of nitrogens with one attached hydrogen (secondary N) is 1. The van der Waals surface area contributed by atoms with Crippen molar-refractivity contribution in [3.63, 3.8) is 0 Å². The molecule has 30 heavy (non-hydrogen) atoms. The molecule has 1 fully saturated rings. The maximum absolute atomic E-state index is 12.2. The van der Waals surface area contributed by atoms with Crippen LogP contribution in [-0.4, -0.2) is 50.1 Å². The number of nitrogens with zero attached hydrogens (tertiary/aromatic N) is 2. The van der Waals surface area contributed by atoms with Gasteiger partial charge in [-0.25, -0.2) is 0 Å². The van der Waals surface area contributed by atoms with Gasteiger partial charge in [0, 0.05) is 44.8 Å². The number of piperazine rings is 1. The molecule has 0 spiro atoms. The van der Waals surface area contributed by atoms with Crippen LogP contribution in [0.15, 0.2) is 71.4 Å². The summed E-state index contributed by atoms with van der Waals surface area (Å²) in [4.78, 5) is 16.9. The molecule has 1 N–H and O–H groups in total. The van der Waals surface area contributed by atoms with Crippen LogP contribution in [0.4, 0.5) is 5.69 Å². The predicted molar refractivity (Wildman–Crippen MR) is 123 cm³/mol. The van der Waals surface area contributed by atoms with Gasteiger partial charge in [-0.15, -0.1) is 0 Å². The highest BCUT2D eigenvalue weighted by atomic mass is 32.1. The normalized spacial score (nSPS) is 14.5. The SMILES string of the molecule is O=C(NCCN1CCN(c2ccccc2OCc2ccsc2)CC1)c1ccccc1. The number of carbonyl (C=O) groups excluding carboxylic acids is 1. The summed E-state index contributed by atoms with van der Waals surface area (Å²) in [5.41, 5.74) is 3.07. The van der Waals surface area contributed by atoms with E-state index in [2.05, 4.69) is 44.1 Å². The van der Waals surface area contributed by atoms with Crippen molar-refractivity contribution in [2.24, 2.45) is 0 Å². The number of hydrogen-bond donors (Lipinski definition) is 1. The third-order valence-electron chi connectivity index (χ3n) is 5.30. The van der Waals surface area contributed by atoms with Crippen LogP contribution in [0.2, 0.25) is 0 Å². The molecule has 0 saturated carbocycles. The van der Waals surface area contributed by atoms with E-state index in [9.17, 15) is 4.79 Å². The average molecular weight is 422 g/mol. The summed E-state index contributed by atoms with van der Waals surface area (Å²) in [7, 11) is 0. The molecule has 0 unspecified atom stereocenters. The highest BCUT2D eigenvalue weighted by molar-refractivity contribution is 7.07. The van der Waals surface area contributed by atoms with Crippen molar-refractivity contribution in [2.45, 2.75) is 6.61 Å². The largest absolute Gasteiger partial charge is 0.487 e. The topological polar surface area (TPSA) is 44.8 Å². The van der Waals surface area contributed by atoms with Gasteiger partial charge in [0.1, 0.15) is 12.4 Å². The molecule has 0 radical (unpaired) electrons. The van der Waals surface area contributed by atoms with Gasteiger partial charge in [-0.2, -0.15) is 11.3 Å². The predicted octanol–water partition coefficient (Wildman–Crippen LogP) is 3.88. The molecule has 5 nitrogen and oxygen atoms in total. The average Bonchev–Trinajstić information content (AvgIpc) is 3.33. The van der Waals surface area contributed by atoms with Crippen LogP contribution >= 0.6 is 11.3 Å². The van der Waals surface area contributed by atoms with Crippen molar-refractivity contribution < 1.29 is 9.53 Å². The Kier molecular flexibility index (Phi) is 7.00. The summed E-state index contributed by atoms with van der Waals surface area (Å²) in [5, 5.41) is 7.21. The van der Waals surface area contributed by atoms with Crippen LogP contribution in [0.5, 0.6) is 5.75 Å². The third-order valence-corrected chi connectivity index (χ3v) is 6.03. The second kappa shape index (κ2) is 10.3. The fourth-order valence-electron chi connectivity index (χ4n) is 3.61. The molecular formula is C24H27N3O2S. The molecule has 0 bridgehead atoms. The summed E-state index contributed by atoms with van der Waals surface area (Å²) < 4.78 is 6.10. The van der Waals surface area contributed by atoms with Crippen LogP contribution < -0.4 is 15.0 Å². The van der Waals surface area contributed by atoms with Gasteiger partial charge in [0.05, 0.1) is 5.69 Å². The zero-order chi connectivity index (χ0) is 20.6.